The lowest BCUT2D eigenvalue weighted by atomic mass is 10.1. The van der Waals surface area contributed by atoms with E-state index < -0.39 is 11.0 Å². The van der Waals surface area contributed by atoms with Gasteiger partial charge in [0.25, 0.3) is 5.91 Å². The summed E-state index contributed by atoms with van der Waals surface area (Å²) in [6.07, 6.45) is 2.71. The van der Waals surface area contributed by atoms with Crippen molar-refractivity contribution in [3.8, 4) is 22.6 Å². The van der Waals surface area contributed by atoms with Crippen molar-refractivity contribution >= 4 is 34.0 Å². The van der Waals surface area contributed by atoms with Crippen molar-refractivity contribution in [2.24, 2.45) is 0 Å². The van der Waals surface area contributed by atoms with Crippen LogP contribution in [-0.4, -0.2) is 20.9 Å². The fourth-order valence-electron chi connectivity index (χ4n) is 2.39. The average molecular weight is 401 g/mol. The van der Waals surface area contributed by atoms with E-state index in [2.05, 4.69) is 20.3 Å². The van der Waals surface area contributed by atoms with Crippen molar-refractivity contribution in [3.05, 3.63) is 71.0 Å². The lowest BCUT2D eigenvalue weighted by Gasteiger charge is -2.02. The minimum atomic E-state index is -0.584. The Bertz CT molecular complexity index is 1100. The topological polar surface area (TPSA) is 80.9 Å². The Morgan fingerprint density at radius 1 is 1.11 bits per heavy atom. The van der Waals surface area contributed by atoms with Crippen LogP contribution in [0.2, 0.25) is 5.02 Å². The minimum absolute atomic E-state index is 0.00711. The van der Waals surface area contributed by atoms with Gasteiger partial charge < -0.3 is 4.42 Å². The zero-order valence-corrected chi connectivity index (χ0v) is 15.1. The second kappa shape index (κ2) is 7.26. The van der Waals surface area contributed by atoms with Crippen LogP contribution < -0.4 is 5.32 Å². The summed E-state index contributed by atoms with van der Waals surface area (Å²) in [5, 5.41) is 2.65. The highest BCUT2D eigenvalue weighted by Gasteiger charge is 2.21. The van der Waals surface area contributed by atoms with E-state index in [1.807, 2.05) is 0 Å². The summed E-state index contributed by atoms with van der Waals surface area (Å²) in [6.45, 7) is 0. The smallest absolute Gasteiger partial charge is 0.295 e. The van der Waals surface area contributed by atoms with Gasteiger partial charge in [-0.2, -0.15) is 4.39 Å². The molecule has 0 aliphatic heterocycles. The SMILES string of the molecule is O=C(Nc1nc(-c2ccccn2)c(F)s1)c1ocnc1-c1ccc(Cl)cc1. The number of thiazole rings is 1. The number of hydrogen-bond donors (Lipinski definition) is 1. The van der Waals surface area contributed by atoms with Crippen LogP contribution in [0.3, 0.4) is 0 Å². The number of halogens is 2. The molecule has 1 amide bonds. The Morgan fingerprint density at radius 3 is 2.67 bits per heavy atom. The summed E-state index contributed by atoms with van der Waals surface area (Å²) in [5.41, 5.74) is 1.48. The molecular formula is C18H10ClFN4O2S. The molecule has 3 heterocycles. The molecule has 1 N–H and O–H groups in total. The second-order valence-electron chi connectivity index (χ2n) is 5.35. The Kier molecular flexibility index (Phi) is 4.66. The third kappa shape index (κ3) is 3.57. The molecule has 3 aromatic heterocycles. The number of rotatable bonds is 4. The molecule has 6 nitrogen and oxygen atoms in total. The largest absolute Gasteiger partial charge is 0.438 e. The van der Waals surface area contributed by atoms with Crippen molar-refractivity contribution < 1.29 is 13.6 Å². The van der Waals surface area contributed by atoms with Gasteiger partial charge in [-0.3, -0.25) is 15.1 Å². The molecule has 0 bridgehead atoms. The van der Waals surface area contributed by atoms with Gasteiger partial charge in [-0.1, -0.05) is 41.1 Å². The molecule has 0 spiro atoms. The molecule has 134 valence electrons. The van der Waals surface area contributed by atoms with E-state index in [0.717, 1.165) is 0 Å². The van der Waals surface area contributed by atoms with E-state index in [4.69, 9.17) is 16.0 Å². The molecule has 0 radical (unpaired) electrons. The van der Waals surface area contributed by atoms with Crippen LogP contribution in [0, 0.1) is 5.13 Å². The summed E-state index contributed by atoms with van der Waals surface area (Å²) in [6, 6.07) is 11.9. The second-order valence-corrected chi connectivity index (χ2v) is 6.73. The molecule has 0 saturated carbocycles. The van der Waals surface area contributed by atoms with Gasteiger partial charge in [-0.05, 0) is 24.3 Å². The number of nitrogens with zero attached hydrogens (tertiary/aromatic N) is 3. The fraction of sp³-hybridized carbons (Fsp3) is 0. The van der Waals surface area contributed by atoms with Gasteiger partial charge in [0.2, 0.25) is 10.9 Å². The number of oxazole rings is 1. The van der Waals surface area contributed by atoms with E-state index in [1.54, 1.807) is 48.7 Å². The van der Waals surface area contributed by atoms with Crippen LogP contribution >= 0.6 is 22.9 Å². The molecule has 4 rings (SSSR count). The number of carbonyl (C=O) groups is 1. The van der Waals surface area contributed by atoms with E-state index in [9.17, 15) is 9.18 Å². The molecule has 0 saturated heterocycles. The standard InChI is InChI=1S/C18H10ClFN4O2S/c19-11-6-4-10(5-7-11)13-15(26-9-22-13)17(25)24-18-23-14(16(20)27-18)12-3-1-2-8-21-12/h1-9H,(H,23,24,25). The highest BCUT2D eigenvalue weighted by Crippen LogP contribution is 2.29. The first kappa shape index (κ1) is 17.3. The third-order valence-electron chi connectivity index (χ3n) is 3.61. The summed E-state index contributed by atoms with van der Waals surface area (Å²) in [5.74, 6) is -0.592. The number of pyridine rings is 1. The Hall–Kier alpha value is -3.10. The summed E-state index contributed by atoms with van der Waals surface area (Å²) in [4.78, 5) is 24.8. The lowest BCUT2D eigenvalue weighted by Crippen LogP contribution is -2.12. The first-order valence-electron chi connectivity index (χ1n) is 7.70. The Labute approximate surface area is 161 Å². The van der Waals surface area contributed by atoms with Gasteiger partial charge in [0.15, 0.2) is 11.5 Å². The number of anilines is 1. The van der Waals surface area contributed by atoms with E-state index >= 15 is 0 Å². The van der Waals surface area contributed by atoms with Crippen LogP contribution in [0.15, 0.2) is 59.5 Å². The number of amides is 1. The molecule has 1 aromatic carbocycles. The van der Waals surface area contributed by atoms with Gasteiger partial charge in [-0.15, -0.1) is 0 Å². The number of aromatic nitrogens is 3. The van der Waals surface area contributed by atoms with Gasteiger partial charge in [-0.25, -0.2) is 9.97 Å². The summed E-state index contributed by atoms with van der Waals surface area (Å²) in [7, 11) is 0. The van der Waals surface area contributed by atoms with E-state index in [0.29, 0.717) is 33.3 Å². The normalized spacial score (nSPS) is 10.7. The van der Waals surface area contributed by atoms with Gasteiger partial charge in [0.05, 0.1) is 5.69 Å². The number of nitrogens with one attached hydrogen (secondary N) is 1. The average Bonchev–Trinajstić information content (AvgIpc) is 3.30. The molecule has 9 heteroatoms. The van der Waals surface area contributed by atoms with Crippen molar-refractivity contribution in [1.29, 1.82) is 0 Å². The van der Waals surface area contributed by atoms with Crippen molar-refractivity contribution in [2.45, 2.75) is 0 Å². The van der Waals surface area contributed by atoms with Crippen molar-refractivity contribution in [3.63, 3.8) is 0 Å². The zero-order valence-electron chi connectivity index (χ0n) is 13.5. The Morgan fingerprint density at radius 2 is 1.93 bits per heavy atom. The lowest BCUT2D eigenvalue weighted by molar-refractivity contribution is 0.0997. The number of carbonyl (C=O) groups excluding carboxylic acids is 1. The molecule has 0 aliphatic carbocycles. The number of hydrogen-bond acceptors (Lipinski definition) is 6. The summed E-state index contributed by atoms with van der Waals surface area (Å²) >= 11 is 6.59. The maximum atomic E-state index is 14.2. The predicted octanol–water partition coefficient (Wildman–Crippen LogP) is 4.90. The molecule has 0 atom stereocenters. The predicted molar refractivity (Wildman–Crippen MR) is 100 cm³/mol. The summed E-state index contributed by atoms with van der Waals surface area (Å²) < 4.78 is 19.4. The maximum Gasteiger partial charge on any atom is 0.295 e. The third-order valence-corrected chi connectivity index (χ3v) is 4.62. The van der Waals surface area contributed by atoms with Crippen LogP contribution in [0.5, 0.6) is 0 Å². The molecule has 4 aromatic rings. The first-order valence-corrected chi connectivity index (χ1v) is 8.90. The highest BCUT2D eigenvalue weighted by atomic mass is 35.5. The highest BCUT2D eigenvalue weighted by molar-refractivity contribution is 7.14. The zero-order chi connectivity index (χ0) is 18.8. The van der Waals surface area contributed by atoms with E-state index in [1.165, 1.54) is 6.39 Å². The van der Waals surface area contributed by atoms with Gasteiger partial charge in [0.1, 0.15) is 11.4 Å². The minimum Gasteiger partial charge on any atom is -0.438 e. The monoisotopic (exact) mass is 400 g/mol. The molecule has 0 aliphatic rings. The molecular weight excluding hydrogens is 391 g/mol. The van der Waals surface area contributed by atoms with Crippen LogP contribution in [0.4, 0.5) is 9.52 Å². The van der Waals surface area contributed by atoms with Crippen molar-refractivity contribution in [1.82, 2.24) is 15.0 Å². The fourth-order valence-corrected chi connectivity index (χ4v) is 3.21. The quantitative estimate of drug-likeness (QED) is 0.526. The number of benzene rings is 1. The van der Waals surface area contributed by atoms with Crippen LogP contribution in [0.1, 0.15) is 10.6 Å². The molecule has 0 fully saturated rings. The van der Waals surface area contributed by atoms with Crippen LogP contribution in [0.25, 0.3) is 22.6 Å². The maximum absolute atomic E-state index is 14.2. The molecule has 0 unspecified atom stereocenters. The van der Waals surface area contributed by atoms with Crippen molar-refractivity contribution in [2.75, 3.05) is 5.32 Å². The Balaban J connectivity index is 1.59. The van der Waals surface area contributed by atoms with E-state index in [-0.39, 0.29) is 16.6 Å². The van der Waals surface area contributed by atoms with Crippen LogP contribution in [-0.2, 0) is 0 Å². The molecule has 27 heavy (non-hydrogen) atoms. The van der Waals surface area contributed by atoms with Gasteiger partial charge in [0, 0.05) is 16.8 Å². The van der Waals surface area contributed by atoms with Gasteiger partial charge >= 0.3 is 0 Å². The first-order chi connectivity index (χ1) is 13.1.